The average Bonchev–Trinajstić information content (AvgIpc) is 3.39. The minimum atomic E-state index is -5.08. The van der Waals surface area contributed by atoms with E-state index in [0.717, 1.165) is 72.1 Å². The first kappa shape index (κ1) is 23.5. The molecule has 170 valence electrons. The van der Waals surface area contributed by atoms with Crippen LogP contribution in [0.15, 0.2) is 16.8 Å². The SMILES string of the molecule is O=C(O)C(F)(F)F.c1cc(CN2C[C@@H]3COC[C@]3(COCC3CCOCC3)C2)cs1. The van der Waals surface area contributed by atoms with E-state index in [4.69, 9.17) is 24.1 Å². The highest BCUT2D eigenvalue weighted by atomic mass is 32.1. The summed E-state index contributed by atoms with van der Waals surface area (Å²) in [6.07, 6.45) is -2.78. The van der Waals surface area contributed by atoms with Crippen molar-refractivity contribution in [2.24, 2.45) is 17.3 Å². The van der Waals surface area contributed by atoms with Crippen molar-refractivity contribution in [2.75, 3.05) is 52.7 Å². The second-order valence-electron chi connectivity index (χ2n) is 8.25. The Labute approximate surface area is 177 Å². The lowest BCUT2D eigenvalue weighted by atomic mass is 9.82. The van der Waals surface area contributed by atoms with Crippen LogP contribution < -0.4 is 0 Å². The fourth-order valence-electron chi connectivity index (χ4n) is 4.25. The molecule has 3 aliphatic heterocycles. The predicted octanol–water partition coefficient (Wildman–Crippen LogP) is 3.27. The zero-order valence-corrected chi connectivity index (χ0v) is 17.6. The van der Waals surface area contributed by atoms with Crippen LogP contribution in [0.1, 0.15) is 18.4 Å². The standard InChI is InChI=1S/C18H27NO3S.C2HF3O2/c1-4-20-5-2-15(1)9-21-13-18-12-19(7-16-3-6-23-11-16)8-17(18)10-22-14-18;3-2(4,5)1(6)7/h3,6,11,15,17H,1-2,4-5,7-10,12-14H2;(H,6,7)/t17-,18-;/m1./s1. The number of halogens is 3. The van der Waals surface area contributed by atoms with Crippen molar-refractivity contribution in [3.63, 3.8) is 0 Å². The Balaban J connectivity index is 0.000000318. The minimum absolute atomic E-state index is 0.223. The van der Waals surface area contributed by atoms with Gasteiger partial charge in [0.25, 0.3) is 0 Å². The van der Waals surface area contributed by atoms with E-state index >= 15 is 0 Å². The molecule has 0 spiro atoms. The highest BCUT2D eigenvalue weighted by Gasteiger charge is 2.50. The van der Waals surface area contributed by atoms with E-state index in [1.165, 1.54) is 5.56 Å². The van der Waals surface area contributed by atoms with Gasteiger partial charge in [-0.3, -0.25) is 4.90 Å². The number of aliphatic carboxylic acids is 1. The van der Waals surface area contributed by atoms with Gasteiger partial charge in [0.05, 0.1) is 19.8 Å². The molecule has 4 rings (SSSR count). The Bertz CT molecular complexity index is 666. The van der Waals surface area contributed by atoms with Crippen molar-refractivity contribution in [3.05, 3.63) is 22.4 Å². The van der Waals surface area contributed by atoms with Gasteiger partial charge in [0.1, 0.15) is 0 Å². The van der Waals surface area contributed by atoms with E-state index in [0.29, 0.717) is 11.8 Å². The van der Waals surface area contributed by atoms with Gasteiger partial charge in [0.2, 0.25) is 0 Å². The molecule has 0 aliphatic carbocycles. The van der Waals surface area contributed by atoms with Gasteiger partial charge in [0, 0.05) is 50.8 Å². The van der Waals surface area contributed by atoms with Crippen LogP contribution in [0.5, 0.6) is 0 Å². The molecular weight excluding hydrogens is 423 g/mol. The molecule has 2 atom stereocenters. The van der Waals surface area contributed by atoms with Gasteiger partial charge in [-0.05, 0) is 41.1 Å². The van der Waals surface area contributed by atoms with Crippen molar-refractivity contribution in [2.45, 2.75) is 25.6 Å². The second-order valence-corrected chi connectivity index (χ2v) is 9.03. The zero-order valence-electron chi connectivity index (χ0n) is 16.7. The number of carbonyl (C=O) groups is 1. The summed E-state index contributed by atoms with van der Waals surface area (Å²) in [6, 6.07) is 2.24. The monoisotopic (exact) mass is 451 g/mol. The highest BCUT2D eigenvalue weighted by Crippen LogP contribution is 2.42. The van der Waals surface area contributed by atoms with Gasteiger partial charge >= 0.3 is 12.1 Å². The van der Waals surface area contributed by atoms with Crippen LogP contribution in [0.25, 0.3) is 0 Å². The number of hydrogen-bond donors (Lipinski definition) is 1. The molecule has 0 bridgehead atoms. The third-order valence-corrected chi connectivity index (χ3v) is 6.64. The molecule has 0 aromatic carbocycles. The van der Waals surface area contributed by atoms with Crippen molar-refractivity contribution in [3.8, 4) is 0 Å². The molecular formula is C20H28F3NO5S. The van der Waals surface area contributed by atoms with Crippen molar-refractivity contribution in [1.82, 2.24) is 4.90 Å². The third-order valence-electron chi connectivity index (χ3n) is 5.90. The largest absolute Gasteiger partial charge is 0.490 e. The molecule has 3 fully saturated rings. The Morgan fingerprint density at radius 3 is 2.70 bits per heavy atom. The zero-order chi connectivity index (χ0) is 21.6. The topological polar surface area (TPSA) is 68.2 Å². The molecule has 0 amide bonds. The van der Waals surface area contributed by atoms with Gasteiger partial charge in [0.15, 0.2) is 0 Å². The summed E-state index contributed by atoms with van der Waals surface area (Å²) in [6.45, 7) is 8.65. The molecule has 3 saturated heterocycles. The molecule has 0 unspecified atom stereocenters. The number of ether oxygens (including phenoxy) is 3. The van der Waals surface area contributed by atoms with Gasteiger partial charge < -0.3 is 19.3 Å². The maximum Gasteiger partial charge on any atom is 0.490 e. The summed E-state index contributed by atoms with van der Waals surface area (Å²) in [5, 5.41) is 11.6. The quantitative estimate of drug-likeness (QED) is 0.716. The van der Waals surface area contributed by atoms with Crippen LogP contribution in [0.4, 0.5) is 13.2 Å². The molecule has 0 radical (unpaired) electrons. The number of alkyl halides is 3. The lowest BCUT2D eigenvalue weighted by Gasteiger charge is -2.29. The summed E-state index contributed by atoms with van der Waals surface area (Å²) in [7, 11) is 0. The Morgan fingerprint density at radius 2 is 2.07 bits per heavy atom. The van der Waals surface area contributed by atoms with Crippen molar-refractivity contribution < 1.29 is 37.3 Å². The number of rotatable bonds is 6. The number of fused-ring (bicyclic) bond motifs is 1. The van der Waals surface area contributed by atoms with E-state index in [1.807, 2.05) is 0 Å². The van der Waals surface area contributed by atoms with E-state index < -0.39 is 12.1 Å². The average molecular weight is 452 g/mol. The summed E-state index contributed by atoms with van der Waals surface area (Å²) in [5.74, 6) is -1.44. The maximum absolute atomic E-state index is 10.6. The second kappa shape index (κ2) is 10.4. The van der Waals surface area contributed by atoms with Gasteiger partial charge in [-0.15, -0.1) is 0 Å². The van der Waals surface area contributed by atoms with Gasteiger partial charge in [-0.2, -0.15) is 24.5 Å². The molecule has 6 nitrogen and oxygen atoms in total. The van der Waals surface area contributed by atoms with Crippen LogP contribution in [0.3, 0.4) is 0 Å². The Kier molecular flexibility index (Phi) is 8.14. The third kappa shape index (κ3) is 6.40. The normalized spacial score (nSPS) is 27.5. The van der Waals surface area contributed by atoms with Crippen LogP contribution in [0.2, 0.25) is 0 Å². The van der Waals surface area contributed by atoms with Crippen LogP contribution in [-0.4, -0.2) is 74.9 Å². The number of thiophene rings is 1. The molecule has 3 aliphatic rings. The first-order valence-corrected chi connectivity index (χ1v) is 11.0. The smallest absolute Gasteiger partial charge is 0.475 e. The fourth-order valence-corrected chi connectivity index (χ4v) is 4.91. The van der Waals surface area contributed by atoms with E-state index in [2.05, 4.69) is 21.7 Å². The summed E-state index contributed by atoms with van der Waals surface area (Å²) < 4.78 is 49.2. The van der Waals surface area contributed by atoms with Gasteiger partial charge in [-0.1, -0.05) is 0 Å². The summed E-state index contributed by atoms with van der Waals surface area (Å²) in [4.78, 5) is 11.5. The first-order chi connectivity index (χ1) is 14.3. The van der Waals surface area contributed by atoms with E-state index in [9.17, 15) is 13.2 Å². The first-order valence-electron chi connectivity index (χ1n) is 10.1. The number of hydrogen-bond acceptors (Lipinski definition) is 6. The van der Waals surface area contributed by atoms with E-state index in [1.54, 1.807) is 11.3 Å². The predicted molar refractivity (Wildman–Crippen MR) is 104 cm³/mol. The van der Waals surface area contributed by atoms with Crippen molar-refractivity contribution >= 4 is 17.3 Å². The Hall–Kier alpha value is -1.20. The molecule has 1 aromatic heterocycles. The summed E-state index contributed by atoms with van der Waals surface area (Å²) in [5.41, 5.74) is 1.66. The summed E-state index contributed by atoms with van der Waals surface area (Å²) >= 11 is 1.79. The number of carboxylic acids is 1. The maximum atomic E-state index is 10.6. The fraction of sp³-hybridized carbons (Fsp3) is 0.750. The Morgan fingerprint density at radius 1 is 1.33 bits per heavy atom. The van der Waals surface area contributed by atoms with E-state index in [-0.39, 0.29) is 5.41 Å². The lowest BCUT2D eigenvalue weighted by Crippen LogP contribution is -2.36. The molecule has 30 heavy (non-hydrogen) atoms. The van der Waals surface area contributed by atoms with Crippen molar-refractivity contribution in [1.29, 1.82) is 0 Å². The molecule has 1 aromatic rings. The minimum Gasteiger partial charge on any atom is -0.475 e. The van der Waals surface area contributed by atoms with Crippen LogP contribution in [0, 0.1) is 17.3 Å². The molecule has 10 heteroatoms. The van der Waals surface area contributed by atoms with Crippen LogP contribution >= 0.6 is 11.3 Å². The number of carboxylic acid groups (broad SMARTS) is 1. The number of likely N-dealkylation sites (tertiary alicyclic amines) is 1. The number of nitrogens with zero attached hydrogens (tertiary/aromatic N) is 1. The molecule has 4 heterocycles. The molecule has 0 saturated carbocycles. The molecule has 1 N–H and O–H groups in total. The lowest BCUT2D eigenvalue weighted by molar-refractivity contribution is -0.192. The highest BCUT2D eigenvalue weighted by molar-refractivity contribution is 7.07. The van der Waals surface area contributed by atoms with Gasteiger partial charge in [-0.25, -0.2) is 4.79 Å². The van der Waals surface area contributed by atoms with Crippen LogP contribution in [-0.2, 0) is 25.5 Å².